The van der Waals surface area contributed by atoms with E-state index in [0.717, 1.165) is 12.0 Å². The highest BCUT2D eigenvalue weighted by atomic mass is 79.9. The van der Waals surface area contributed by atoms with Crippen LogP contribution < -0.4 is 0 Å². The van der Waals surface area contributed by atoms with Gasteiger partial charge in [0, 0.05) is 18.4 Å². The zero-order valence-corrected chi connectivity index (χ0v) is 13.8. The van der Waals surface area contributed by atoms with Crippen LogP contribution in [0.3, 0.4) is 0 Å². The van der Waals surface area contributed by atoms with Crippen LogP contribution in [0.15, 0.2) is 22.7 Å². The molecule has 23 heavy (non-hydrogen) atoms. The molecule has 2 aromatic rings. The van der Waals surface area contributed by atoms with Crippen molar-refractivity contribution < 1.29 is 18.7 Å². The molecule has 0 unspecified atom stereocenters. The van der Waals surface area contributed by atoms with Crippen LogP contribution >= 0.6 is 15.9 Å². The number of hydrogen-bond donors (Lipinski definition) is 1. The molecule has 1 heterocycles. The number of aromatic amines is 1. The van der Waals surface area contributed by atoms with Gasteiger partial charge in [-0.15, -0.1) is 0 Å². The van der Waals surface area contributed by atoms with Crippen molar-refractivity contribution in [1.29, 1.82) is 0 Å². The van der Waals surface area contributed by atoms with Gasteiger partial charge in [0.1, 0.15) is 17.2 Å². The SMILES string of the molecule is O=C1CCCc2c1n[nH]c2C(=O)OCCc1ccc(F)c(Br)c1. The number of Topliss-reactive ketones (excluding diaryl/α,β-unsaturated/α-hetero) is 1. The molecule has 1 aromatic carbocycles. The number of H-pyrrole nitrogens is 1. The first-order valence-corrected chi connectivity index (χ1v) is 8.07. The first-order chi connectivity index (χ1) is 11.1. The van der Waals surface area contributed by atoms with Gasteiger partial charge in [-0.25, -0.2) is 9.18 Å². The lowest BCUT2D eigenvalue weighted by atomic mass is 9.95. The molecule has 0 saturated heterocycles. The number of hydrogen-bond acceptors (Lipinski definition) is 4. The van der Waals surface area contributed by atoms with Crippen LogP contribution in [0, 0.1) is 5.82 Å². The number of esters is 1. The van der Waals surface area contributed by atoms with E-state index in [1.165, 1.54) is 6.07 Å². The van der Waals surface area contributed by atoms with E-state index in [0.29, 0.717) is 35.0 Å². The molecule has 0 aliphatic heterocycles. The van der Waals surface area contributed by atoms with Crippen molar-refractivity contribution in [3.63, 3.8) is 0 Å². The molecule has 120 valence electrons. The number of fused-ring (bicyclic) bond motifs is 1. The van der Waals surface area contributed by atoms with E-state index in [-0.39, 0.29) is 23.9 Å². The molecule has 0 radical (unpaired) electrons. The minimum Gasteiger partial charge on any atom is -0.461 e. The van der Waals surface area contributed by atoms with Crippen molar-refractivity contribution in [2.75, 3.05) is 6.61 Å². The Morgan fingerprint density at radius 3 is 3.00 bits per heavy atom. The van der Waals surface area contributed by atoms with Crippen LogP contribution in [0.2, 0.25) is 0 Å². The molecule has 5 nitrogen and oxygen atoms in total. The van der Waals surface area contributed by atoms with Crippen molar-refractivity contribution in [1.82, 2.24) is 10.2 Å². The summed E-state index contributed by atoms with van der Waals surface area (Å²) < 4.78 is 18.8. The Hall–Kier alpha value is -2.02. The third-order valence-electron chi connectivity index (χ3n) is 3.77. The van der Waals surface area contributed by atoms with Gasteiger partial charge in [-0.05, 0) is 46.5 Å². The van der Waals surface area contributed by atoms with E-state index in [9.17, 15) is 14.0 Å². The molecule has 0 bridgehead atoms. The molecule has 7 heteroatoms. The topological polar surface area (TPSA) is 72.0 Å². The lowest BCUT2D eigenvalue weighted by molar-refractivity contribution is 0.0501. The van der Waals surface area contributed by atoms with E-state index in [2.05, 4.69) is 26.1 Å². The lowest BCUT2D eigenvalue weighted by Crippen LogP contribution is -2.14. The van der Waals surface area contributed by atoms with Crippen molar-refractivity contribution in [3.05, 3.63) is 51.0 Å². The second kappa shape index (κ2) is 6.62. The predicted molar refractivity (Wildman–Crippen MR) is 83.9 cm³/mol. The van der Waals surface area contributed by atoms with E-state index < -0.39 is 5.97 Å². The molecule has 0 atom stereocenters. The van der Waals surface area contributed by atoms with Gasteiger partial charge in [0.25, 0.3) is 0 Å². The van der Waals surface area contributed by atoms with Crippen molar-refractivity contribution in [2.45, 2.75) is 25.7 Å². The van der Waals surface area contributed by atoms with E-state index >= 15 is 0 Å². The Morgan fingerprint density at radius 2 is 2.22 bits per heavy atom. The molecular formula is C16H14BrFN2O3. The summed E-state index contributed by atoms with van der Waals surface area (Å²) in [5.74, 6) is -0.896. The standard InChI is InChI=1S/C16H14BrFN2O3/c17-11-8-9(4-5-12(11)18)6-7-23-16(22)15-10-2-1-3-13(21)14(10)19-20-15/h4-5,8H,1-3,6-7H2,(H,19,20). The largest absolute Gasteiger partial charge is 0.461 e. The molecule has 1 aliphatic carbocycles. The van der Waals surface area contributed by atoms with Crippen molar-refractivity contribution in [2.24, 2.45) is 0 Å². The van der Waals surface area contributed by atoms with Crippen molar-refractivity contribution in [3.8, 4) is 0 Å². The highest BCUT2D eigenvalue weighted by molar-refractivity contribution is 9.10. The zero-order valence-electron chi connectivity index (χ0n) is 12.2. The van der Waals surface area contributed by atoms with E-state index in [4.69, 9.17) is 4.74 Å². The molecule has 0 amide bonds. The minimum absolute atomic E-state index is 0.0438. The summed E-state index contributed by atoms with van der Waals surface area (Å²) in [6.45, 7) is 0.165. The number of ether oxygens (including phenoxy) is 1. The maximum Gasteiger partial charge on any atom is 0.356 e. The van der Waals surface area contributed by atoms with Gasteiger partial charge in [-0.1, -0.05) is 6.07 Å². The summed E-state index contributed by atoms with van der Waals surface area (Å²) in [4.78, 5) is 23.8. The van der Waals surface area contributed by atoms with Crippen LogP contribution in [-0.4, -0.2) is 28.6 Å². The van der Waals surface area contributed by atoms with Gasteiger partial charge >= 0.3 is 5.97 Å². The minimum atomic E-state index is -0.519. The fourth-order valence-electron chi connectivity index (χ4n) is 2.58. The van der Waals surface area contributed by atoms with Crippen LogP contribution in [0.4, 0.5) is 4.39 Å². The highest BCUT2D eigenvalue weighted by Crippen LogP contribution is 2.23. The summed E-state index contributed by atoms with van der Waals surface area (Å²) in [5.41, 5.74) is 2.11. The molecule has 0 fully saturated rings. The number of nitrogens with zero attached hydrogens (tertiary/aromatic N) is 1. The van der Waals surface area contributed by atoms with E-state index in [1.807, 2.05) is 0 Å². The zero-order chi connectivity index (χ0) is 16.4. The number of carbonyl (C=O) groups is 2. The lowest BCUT2D eigenvalue weighted by Gasteiger charge is -2.10. The molecule has 1 aliphatic rings. The first-order valence-electron chi connectivity index (χ1n) is 7.27. The number of aromatic nitrogens is 2. The summed E-state index contributed by atoms with van der Waals surface area (Å²) >= 11 is 3.12. The number of nitrogens with one attached hydrogen (secondary N) is 1. The maximum absolute atomic E-state index is 13.2. The quantitative estimate of drug-likeness (QED) is 0.826. The normalized spacial score (nSPS) is 13.7. The van der Waals surface area contributed by atoms with E-state index in [1.54, 1.807) is 12.1 Å². The van der Waals surface area contributed by atoms with Crippen LogP contribution in [0.25, 0.3) is 0 Å². The van der Waals surface area contributed by atoms with Crippen LogP contribution in [0.1, 0.15) is 44.9 Å². The molecule has 1 aromatic heterocycles. The number of ketones is 1. The third kappa shape index (κ3) is 3.34. The summed E-state index contributed by atoms with van der Waals surface area (Å²) in [6.07, 6.45) is 2.30. The highest BCUT2D eigenvalue weighted by Gasteiger charge is 2.27. The van der Waals surface area contributed by atoms with Gasteiger partial charge in [0.2, 0.25) is 0 Å². The molecule has 0 saturated carbocycles. The van der Waals surface area contributed by atoms with Crippen LogP contribution in [0.5, 0.6) is 0 Å². The molecular weight excluding hydrogens is 367 g/mol. The summed E-state index contributed by atoms with van der Waals surface area (Å²) in [6, 6.07) is 4.66. The fourth-order valence-corrected chi connectivity index (χ4v) is 3.01. The fraction of sp³-hybridized carbons (Fsp3) is 0.312. The number of halogens is 2. The second-order valence-corrected chi connectivity index (χ2v) is 6.19. The van der Waals surface area contributed by atoms with Crippen LogP contribution in [-0.2, 0) is 17.6 Å². The summed E-state index contributed by atoms with van der Waals surface area (Å²) in [5, 5.41) is 6.53. The Balaban J connectivity index is 1.62. The predicted octanol–water partition coefficient (Wildman–Crippen LogP) is 3.23. The van der Waals surface area contributed by atoms with Gasteiger partial charge in [0.15, 0.2) is 5.78 Å². The number of rotatable bonds is 4. The molecule has 1 N–H and O–H groups in total. The average molecular weight is 381 g/mol. The molecule has 3 rings (SSSR count). The van der Waals surface area contributed by atoms with Crippen molar-refractivity contribution >= 4 is 27.7 Å². The Bertz CT molecular complexity index is 773. The summed E-state index contributed by atoms with van der Waals surface area (Å²) in [7, 11) is 0. The van der Waals surface area contributed by atoms with Gasteiger partial charge in [-0.2, -0.15) is 5.10 Å². The second-order valence-electron chi connectivity index (χ2n) is 5.34. The molecule has 0 spiro atoms. The van der Waals surface area contributed by atoms with Gasteiger partial charge < -0.3 is 4.74 Å². The third-order valence-corrected chi connectivity index (χ3v) is 4.38. The number of benzene rings is 1. The Labute approximate surface area is 140 Å². The number of carbonyl (C=O) groups excluding carboxylic acids is 2. The average Bonchev–Trinajstić information content (AvgIpc) is 2.96. The Morgan fingerprint density at radius 1 is 1.39 bits per heavy atom. The first kappa shape index (κ1) is 15.9. The smallest absolute Gasteiger partial charge is 0.356 e. The maximum atomic E-state index is 13.2. The van der Waals surface area contributed by atoms with Gasteiger partial charge in [0.05, 0.1) is 11.1 Å². The monoisotopic (exact) mass is 380 g/mol. The van der Waals surface area contributed by atoms with Gasteiger partial charge in [-0.3, -0.25) is 9.89 Å². The Kier molecular flexibility index (Phi) is 4.56.